The normalized spacial score (nSPS) is 36.6. The molecule has 0 saturated carbocycles. The van der Waals surface area contributed by atoms with Crippen LogP contribution in [0.4, 0.5) is 0 Å². The molecule has 1 aromatic rings. The van der Waals surface area contributed by atoms with E-state index in [4.69, 9.17) is 14.2 Å². The van der Waals surface area contributed by atoms with E-state index in [0.717, 1.165) is 23.1 Å². The summed E-state index contributed by atoms with van der Waals surface area (Å²) < 4.78 is 16.0. The fourth-order valence-electron chi connectivity index (χ4n) is 4.72. The highest BCUT2D eigenvalue weighted by atomic mass is 16.6. The standard InChI is InChI=1S/C18H23NO5/c1-22-13-7-11-9-19(21)5-4-10-6-15(24-3)18(20)16(17(10)19)12(11)8-14(13)23-2/h6-8,15-18,20H,4-5,9H2,1-3H3/t15-,16-,17+,18+,19?/m0/s1. The molecule has 1 aromatic carbocycles. The van der Waals surface area contributed by atoms with Crippen molar-refractivity contribution in [2.24, 2.45) is 0 Å². The van der Waals surface area contributed by atoms with Crippen molar-refractivity contribution < 1.29 is 24.0 Å². The second-order valence-corrected chi connectivity index (χ2v) is 6.89. The van der Waals surface area contributed by atoms with Crippen molar-refractivity contribution in [3.05, 3.63) is 40.1 Å². The number of fused-ring (bicyclic) bond motifs is 2. The minimum absolute atomic E-state index is 0.225. The van der Waals surface area contributed by atoms with Gasteiger partial charge in [0.15, 0.2) is 11.5 Å². The van der Waals surface area contributed by atoms with Crippen LogP contribution >= 0.6 is 0 Å². The topological polar surface area (TPSA) is 71.0 Å². The quantitative estimate of drug-likeness (QED) is 0.518. The molecule has 5 atom stereocenters. The number of hydrogen-bond donors (Lipinski definition) is 1. The van der Waals surface area contributed by atoms with Crippen molar-refractivity contribution in [1.29, 1.82) is 0 Å². The number of rotatable bonds is 3. The third-order valence-corrected chi connectivity index (χ3v) is 5.80. The molecule has 1 N–H and O–H groups in total. The van der Waals surface area contributed by atoms with Crippen LogP contribution in [-0.2, 0) is 11.3 Å². The number of methoxy groups -OCH3 is 3. The monoisotopic (exact) mass is 333 g/mol. The Morgan fingerprint density at radius 2 is 1.88 bits per heavy atom. The highest BCUT2D eigenvalue weighted by molar-refractivity contribution is 5.51. The number of quaternary nitrogens is 1. The van der Waals surface area contributed by atoms with Crippen molar-refractivity contribution >= 4 is 0 Å². The number of aliphatic hydroxyl groups is 1. The fraction of sp³-hybridized carbons (Fsp3) is 0.556. The Labute approximate surface area is 141 Å². The molecule has 6 nitrogen and oxygen atoms in total. The van der Waals surface area contributed by atoms with Crippen LogP contribution in [0.1, 0.15) is 23.5 Å². The molecule has 1 fully saturated rings. The Balaban J connectivity index is 1.91. The van der Waals surface area contributed by atoms with Gasteiger partial charge in [0.2, 0.25) is 0 Å². The predicted molar refractivity (Wildman–Crippen MR) is 87.8 cm³/mol. The van der Waals surface area contributed by atoms with Gasteiger partial charge in [-0.3, -0.25) is 0 Å². The predicted octanol–water partition coefficient (Wildman–Crippen LogP) is 1.70. The van der Waals surface area contributed by atoms with Crippen LogP contribution in [0.5, 0.6) is 11.5 Å². The molecule has 2 aliphatic heterocycles. The molecule has 2 heterocycles. The summed E-state index contributed by atoms with van der Waals surface area (Å²) in [5.74, 6) is 0.959. The molecule has 1 aliphatic carbocycles. The molecule has 4 rings (SSSR count). The average Bonchev–Trinajstić information content (AvgIpc) is 2.92. The first-order valence-electron chi connectivity index (χ1n) is 8.26. The summed E-state index contributed by atoms with van der Waals surface area (Å²) in [5, 5.41) is 24.3. The first-order chi connectivity index (χ1) is 11.5. The highest BCUT2D eigenvalue weighted by Crippen LogP contribution is 2.52. The lowest BCUT2D eigenvalue weighted by Crippen LogP contribution is -2.57. The Hall–Kier alpha value is -1.60. The minimum Gasteiger partial charge on any atom is -0.632 e. The molecule has 0 bridgehead atoms. The average molecular weight is 333 g/mol. The van der Waals surface area contributed by atoms with E-state index in [1.807, 2.05) is 18.2 Å². The van der Waals surface area contributed by atoms with Crippen LogP contribution in [0.3, 0.4) is 0 Å². The van der Waals surface area contributed by atoms with Gasteiger partial charge in [-0.2, -0.15) is 0 Å². The molecule has 24 heavy (non-hydrogen) atoms. The van der Waals surface area contributed by atoms with E-state index in [0.29, 0.717) is 24.6 Å². The minimum atomic E-state index is -0.745. The zero-order chi connectivity index (χ0) is 17.1. The van der Waals surface area contributed by atoms with Gasteiger partial charge in [-0.1, -0.05) is 0 Å². The Morgan fingerprint density at radius 1 is 1.17 bits per heavy atom. The van der Waals surface area contributed by atoms with Crippen molar-refractivity contribution in [3.8, 4) is 11.5 Å². The van der Waals surface area contributed by atoms with Crippen LogP contribution in [0.2, 0.25) is 0 Å². The molecule has 1 unspecified atom stereocenters. The molecule has 1 saturated heterocycles. The van der Waals surface area contributed by atoms with Crippen molar-refractivity contribution in [2.75, 3.05) is 27.9 Å². The largest absolute Gasteiger partial charge is 0.632 e. The first-order valence-corrected chi connectivity index (χ1v) is 8.26. The summed E-state index contributed by atoms with van der Waals surface area (Å²) in [4.78, 5) is 0. The van der Waals surface area contributed by atoms with Crippen molar-refractivity contribution in [2.45, 2.75) is 37.1 Å². The van der Waals surface area contributed by atoms with Crippen LogP contribution in [-0.4, -0.2) is 55.9 Å². The molecule has 6 heteroatoms. The maximum atomic E-state index is 13.4. The Morgan fingerprint density at radius 3 is 2.54 bits per heavy atom. The summed E-state index contributed by atoms with van der Waals surface area (Å²) in [6, 6.07) is 3.57. The van der Waals surface area contributed by atoms with Gasteiger partial charge in [-0.05, 0) is 29.3 Å². The van der Waals surface area contributed by atoms with Gasteiger partial charge >= 0.3 is 0 Å². The van der Waals surface area contributed by atoms with E-state index >= 15 is 0 Å². The van der Waals surface area contributed by atoms with Crippen LogP contribution < -0.4 is 9.47 Å². The number of benzene rings is 1. The fourth-order valence-corrected chi connectivity index (χ4v) is 4.72. The summed E-state index contributed by atoms with van der Waals surface area (Å²) in [5.41, 5.74) is 3.03. The van der Waals surface area contributed by atoms with Crippen LogP contribution in [0.25, 0.3) is 0 Å². The van der Waals surface area contributed by atoms with E-state index < -0.39 is 6.10 Å². The van der Waals surface area contributed by atoms with E-state index in [-0.39, 0.29) is 22.7 Å². The summed E-state index contributed by atoms with van der Waals surface area (Å²) >= 11 is 0. The van der Waals surface area contributed by atoms with E-state index in [2.05, 4.69) is 0 Å². The summed E-state index contributed by atoms with van der Waals surface area (Å²) in [7, 11) is 4.78. The smallest absolute Gasteiger partial charge is 0.161 e. The van der Waals surface area contributed by atoms with E-state index in [1.54, 1.807) is 21.3 Å². The van der Waals surface area contributed by atoms with Gasteiger partial charge in [-0.25, -0.2) is 0 Å². The van der Waals surface area contributed by atoms with Gasteiger partial charge in [-0.15, -0.1) is 0 Å². The van der Waals surface area contributed by atoms with Gasteiger partial charge in [0.05, 0.1) is 32.8 Å². The lowest BCUT2D eigenvalue weighted by atomic mass is 9.73. The molecule has 0 radical (unpaired) electrons. The van der Waals surface area contributed by atoms with Gasteiger partial charge in [0, 0.05) is 19.1 Å². The lowest BCUT2D eigenvalue weighted by Gasteiger charge is -2.53. The van der Waals surface area contributed by atoms with Gasteiger partial charge in [0.1, 0.15) is 18.7 Å². The molecule has 0 amide bonds. The van der Waals surface area contributed by atoms with Gasteiger partial charge in [0.25, 0.3) is 0 Å². The molecule has 0 aromatic heterocycles. The maximum Gasteiger partial charge on any atom is 0.161 e. The summed E-state index contributed by atoms with van der Waals surface area (Å²) in [6.45, 7) is 0.947. The number of ether oxygens (including phenoxy) is 3. The van der Waals surface area contributed by atoms with E-state index in [9.17, 15) is 10.3 Å². The van der Waals surface area contributed by atoms with Crippen LogP contribution in [0.15, 0.2) is 23.8 Å². The van der Waals surface area contributed by atoms with Crippen LogP contribution in [0, 0.1) is 5.21 Å². The third kappa shape index (κ3) is 2.04. The van der Waals surface area contributed by atoms with E-state index in [1.165, 1.54) is 0 Å². The summed E-state index contributed by atoms with van der Waals surface area (Å²) in [6.07, 6.45) is 1.59. The Bertz CT molecular complexity index is 703. The molecular formula is C18H23NO5. The first kappa shape index (κ1) is 15.9. The second-order valence-electron chi connectivity index (χ2n) is 6.89. The number of aliphatic hydroxyl groups excluding tert-OH is 1. The number of hydrogen-bond acceptors (Lipinski definition) is 5. The zero-order valence-corrected chi connectivity index (χ0v) is 14.2. The number of nitrogens with zero attached hydrogens (tertiary/aromatic N) is 1. The molecule has 3 aliphatic rings. The lowest BCUT2D eigenvalue weighted by molar-refractivity contribution is -0.907. The molecule has 130 valence electrons. The SMILES string of the molecule is COc1cc2c(cc1OC)[C@@H]1[C@H](O)[C@@H](OC)C=C3CC[N+]([O-])(C2)[C@H]31. The zero-order valence-electron chi connectivity index (χ0n) is 14.2. The number of hydroxylamine groups is 3. The van der Waals surface area contributed by atoms with Gasteiger partial charge < -0.3 is 29.2 Å². The molecular weight excluding hydrogens is 310 g/mol. The Kier molecular flexibility index (Phi) is 3.61. The van der Waals surface area contributed by atoms with Crippen molar-refractivity contribution in [1.82, 2.24) is 0 Å². The maximum absolute atomic E-state index is 13.4. The molecule has 0 spiro atoms. The third-order valence-electron chi connectivity index (χ3n) is 5.80. The van der Waals surface area contributed by atoms with Crippen molar-refractivity contribution in [3.63, 3.8) is 0 Å². The highest BCUT2D eigenvalue weighted by Gasteiger charge is 2.55. The second kappa shape index (κ2) is 5.46.